The molecule has 8 heteroatoms. The van der Waals surface area contributed by atoms with Crippen molar-refractivity contribution in [2.45, 2.75) is 45.6 Å². The second-order valence-corrected chi connectivity index (χ2v) is 9.43. The van der Waals surface area contributed by atoms with E-state index in [9.17, 15) is 9.59 Å². The highest BCUT2D eigenvalue weighted by molar-refractivity contribution is 6.09. The highest BCUT2D eigenvalue weighted by atomic mass is 16.5. The Morgan fingerprint density at radius 2 is 1.74 bits per heavy atom. The molecule has 0 radical (unpaired) electrons. The lowest BCUT2D eigenvalue weighted by atomic mass is 10.0. The lowest BCUT2D eigenvalue weighted by molar-refractivity contribution is 0.0724. The fraction of sp³-hybridized carbons (Fsp3) is 0.400. The number of rotatable bonds is 11. The Morgan fingerprint density at radius 1 is 1.00 bits per heavy atom. The van der Waals surface area contributed by atoms with Crippen LogP contribution in [0.4, 0.5) is 11.4 Å². The van der Waals surface area contributed by atoms with Gasteiger partial charge in [0.05, 0.1) is 38.3 Å². The largest absolute Gasteiger partial charge is 0.496 e. The fourth-order valence-electron chi connectivity index (χ4n) is 4.82. The van der Waals surface area contributed by atoms with Crippen LogP contribution in [0.3, 0.4) is 0 Å². The standard InChI is InChI=1S/C30H37N3O5/c1-4-5-16-33(21-23-11-10-19-38-23)25-15-14-22(20-24(25)30(35)32-17-7-6-8-18-32)31-29(34)28-26(36-2)12-9-13-27(28)37-3/h9-15,19-20H,4-8,16-18,21H2,1-3H3,(H,31,34). The smallest absolute Gasteiger partial charge is 0.263 e. The average Bonchev–Trinajstić information content (AvgIpc) is 3.48. The molecule has 1 aliphatic rings. The summed E-state index contributed by atoms with van der Waals surface area (Å²) < 4.78 is 16.5. The van der Waals surface area contributed by atoms with Crippen molar-refractivity contribution in [3.05, 3.63) is 71.7 Å². The number of nitrogens with zero attached hydrogens (tertiary/aromatic N) is 2. The molecule has 2 aromatic carbocycles. The number of anilines is 2. The van der Waals surface area contributed by atoms with Crippen molar-refractivity contribution in [3.8, 4) is 11.5 Å². The number of carbonyl (C=O) groups is 2. The molecule has 2 heterocycles. The number of hydrogen-bond donors (Lipinski definition) is 1. The molecule has 1 fully saturated rings. The third kappa shape index (κ3) is 6.30. The van der Waals surface area contributed by atoms with Gasteiger partial charge >= 0.3 is 0 Å². The number of hydrogen-bond acceptors (Lipinski definition) is 6. The van der Waals surface area contributed by atoms with Gasteiger partial charge in [0.15, 0.2) is 0 Å². The number of unbranched alkanes of at least 4 members (excludes halogenated alkanes) is 1. The molecule has 8 nitrogen and oxygen atoms in total. The van der Waals surface area contributed by atoms with Crippen LogP contribution < -0.4 is 19.7 Å². The van der Waals surface area contributed by atoms with E-state index >= 15 is 0 Å². The highest BCUT2D eigenvalue weighted by Gasteiger charge is 2.25. The van der Waals surface area contributed by atoms with Crippen LogP contribution in [0.2, 0.25) is 0 Å². The normalized spacial score (nSPS) is 13.2. The molecule has 202 valence electrons. The third-order valence-corrected chi connectivity index (χ3v) is 6.83. The summed E-state index contributed by atoms with van der Waals surface area (Å²) in [5.74, 6) is 1.26. The zero-order valence-corrected chi connectivity index (χ0v) is 22.5. The summed E-state index contributed by atoms with van der Waals surface area (Å²) in [4.78, 5) is 31.3. The Morgan fingerprint density at radius 3 is 2.37 bits per heavy atom. The molecule has 0 saturated carbocycles. The molecule has 0 atom stereocenters. The van der Waals surface area contributed by atoms with Gasteiger partial charge in [-0.05, 0) is 68.1 Å². The summed E-state index contributed by atoms with van der Waals surface area (Å²) in [6.45, 7) is 4.95. The molecule has 1 saturated heterocycles. The van der Waals surface area contributed by atoms with Crippen LogP contribution in [-0.4, -0.2) is 50.6 Å². The molecule has 1 aromatic heterocycles. The lowest BCUT2D eigenvalue weighted by Gasteiger charge is -2.31. The summed E-state index contributed by atoms with van der Waals surface area (Å²) in [6, 6.07) is 14.6. The van der Waals surface area contributed by atoms with Crippen LogP contribution in [0.1, 0.15) is 65.5 Å². The van der Waals surface area contributed by atoms with Gasteiger partial charge in [-0.15, -0.1) is 0 Å². The first kappa shape index (κ1) is 27.1. The number of methoxy groups -OCH3 is 2. The van der Waals surface area contributed by atoms with E-state index in [1.165, 1.54) is 14.2 Å². The molecule has 4 rings (SSSR count). The van der Waals surface area contributed by atoms with Crippen LogP contribution in [0.15, 0.2) is 59.2 Å². The molecule has 0 spiro atoms. The van der Waals surface area contributed by atoms with E-state index in [4.69, 9.17) is 13.9 Å². The van der Waals surface area contributed by atoms with Gasteiger partial charge in [0, 0.05) is 25.3 Å². The zero-order valence-electron chi connectivity index (χ0n) is 22.5. The van der Waals surface area contributed by atoms with Crippen LogP contribution >= 0.6 is 0 Å². The summed E-state index contributed by atoms with van der Waals surface area (Å²) in [5, 5.41) is 2.95. The van der Waals surface area contributed by atoms with Crippen molar-refractivity contribution in [1.29, 1.82) is 0 Å². The van der Waals surface area contributed by atoms with Crippen LogP contribution in [-0.2, 0) is 6.54 Å². The molecular formula is C30H37N3O5. The minimum atomic E-state index is -0.373. The first-order chi connectivity index (χ1) is 18.5. The van der Waals surface area contributed by atoms with Crippen molar-refractivity contribution in [3.63, 3.8) is 0 Å². The maximum absolute atomic E-state index is 13.8. The third-order valence-electron chi connectivity index (χ3n) is 6.83. The number of amides is 2. The first-order valence-electron chi connectivity index (χ1n) is 13.3. The molecule has 38 heavy (non-hydrogen) atoms. The lowest BCUT2D eigenvalue weighted by Crippen LogP contribution is -2.37. The van der Waals surface area contributed by atoms with E-state index in [0.717, 1.165) is 63.2 Å². The second-order valence-electron chi connectivity index (χ2n) is 9.43. The van der Waals surface area contributed by atoms with Crippen molar-refractivity contribution in [2.75, 3.05) is 44.1 Å². The number of ether oxygens (including phenoxy) is 2. The Hall–Kier alpha value is -3.94. The van der Waals surface area contributed by atoms with Crippen molar-refractivity contribution in [2.24, 2.45) is 0 Å². The summed E-state index contributed by atoms with van der Waals surface area (Å²) in [5.41, 5.74) is 2.23. The predicted octanol–water partition coefficient (Wildman–Crippen LogP) is 5.98. The van der Waals surface area contributed by atoms with Gasteiger partial charge in [0.25, 0.3) is 11.8 Å². The Bertz CT molecular complexity index is 1200. The number of benzene rings is 2. The summed E-state index contributed by atoms with van der Waals surface area (Å²) in [6.07, 6.45) is 6.80. The number of likely N-dealkylation sites (tertiary alicyclic amines) is 1. The molecule has 1 aliphatic heterocycles. The van der Waals surface area contributed by atoms with Gasteiger partial charge in [-0.1, -0.05) is 19.4 Å². The minimum absolute atomic E-state index is 0.0217. The van der Waals surface area contributed by atoms with Gasteiger partial charge in [-0.2, -0.15) is 0 Å². The molecule has 0 bridgehead atoms. The van der Waals surface area contributed by atoms with Crippen molar-refractivity contribution in [1.82, 2.24) is 4.90 Å². The molecule has 1 N–H and O–H groups in total. The quantitative estimate of drug-likeness (QED) is 0.335. The molecule has 2 amide bonds. The van der Waals surface area contributed by atoms with Gasteiger partial charge in [0.1, 0.15) is 22.8 Å². The van der Waals surface area contributed by atoms with Gasteiger partial charge in [-0.3, -0.25) is 9.59 Å². The number of nitrogens with one attached hydrogen (secondary N) is 1. The van der Waals surface area contributed by atoms with E-state index in [1.54, 1.807) is 30.5 Å². The first-order valence-corrected chi connectivity index (χ1v) is 13.3. The summed E-state index contributed by atoms with van der Waals surface area (Å²) >= 11 is 0. The Balaban J connectivity index is 1.70. The Labute approximate surface area is 224 Å². The van der Waals surface area contributed by atoms with E-state index in [-0.39, 0.29) is 11.8 Å². The van der Waals surface area contributed by atoms with E-state index in [0.29, 0.717) is 34.9 Å². The zero-order chi connectivity index (χ0) is 26.9. The maximum atomic E-state index is 13.8. The topological polar surface area (TPSA) is 84.3 Å². The predicted molar refractivity (Wildman–Crippen MR) is 148 cm³/mol. The van der Waals surface area contributed by atoms with Crippen molar-refractivity contribution >= 4 is 23.2 Å². The summed E-state index contributed by atoms with van der Waals surface area (Å²) in [7, 11) is 3.03. The second kappa shape index (κ2) is 13.0. The number of furan rings is 1. The Kier molecular flexibility index (Phi) is 9.30. The van der Waals surface area contributed by atoms with Crippen LogP contribution in [0, 0.1) is 0 Å². The highest BCUT2D eigenvalue weighted by Crippen LogP contribution is 2.32. The van der Waals surface area contributed by atoms with Gasteiger partial charge < -0.3 is 29.0 Å². The van der Waals surface area contributed by atoms with E-state index in [2.05, 4.69) is 17.1 Å². The SMILES string of the molecule is CCCCN(Cc1ccco1)c1ccc(NC(=O)c2c(OC)cccc2OC)cc1C(=O)N1CCCCC1. The van der Waals surface area contributed by atoms with Crippen molar-refractivity contribution < 1.29 is 23.5 Å². The van der Waals surface area contributed by atoms with Crippen LogP contribution in [0.25, 0.3) is 0 Å². The minimum Gasteiger partial charge on any atom is -0.496 e. The van der Waals surface area contributed by atoms with Crippen LogP contribution in [0.5, 0.6) is 11.5 Å². The average molecular weight is 520 g/mol. The number of piperidine rings is 1. The number of carbonyl (C=O) groups excluding carboxylic acids is 2. The monoisotopic (exact) mass is 519 g/mol. The maximum Gasteiger partial charge on any atom is 0.263 e. The van der Waals surface area contributed by atoms with Gasteiger partial charge in [-0.25, -0.2) is 0 Å². The molecular weight excluding hydrogens is 482 g/mol. The van der Waals surface area contributed by atoms with E-state index < -0.39 is 0 Å². The molecule has 0 unspecified atom stereocenters. The van der Waals surface area contributed by atoms with Gasteiger partial charge in [0.2, 0.25) is 0 Å². The fourth-order valence-corrected chi connectivity index (χ4v) is 4.82. The molecule has 3 aromatic rings. The van der Waals surface area contributed by atoms with E-state index in [1.807, 2.05) is 29.2 Å². The molecule has 0 aliphatic carbocycles.